The Morgan fingerprint density at radius 1 is 0.250 bits per heavy atom. The fraction of sp³-hybridized carbons (Fsp3) is 0.308. The number of hydrogen-bond acceptors (Lipinski definition) is 4. The van der Waals surface area contributed by atoms with Gasteiger partial charge in [0.15, 0.2) is 0 Å². The number of benzene rings is 6. The summed E-state index contributed by atoms with van der Waals surface area (Å²) in [5.74, 6) is 0. The van der Waals surface area contributed by atoms with E-state index in [0.29, 0.717) is 33.4 Å². The van der Waals surface area contributed by atoms with Gasteiger partial charge in [0, 0.05) is 0 Å². The summed E-state index contributed by atoms with van der Waals surface area (Å²) < 4.78 is 55.1. The van der Waals surface area contributed by atoms with Crippen LogP contribution in [0.5, 0.6) is 0 Å². The van der Waals surface area contributed by atoms with Gasteiger partial charge in [0.1, 0.15) is 10.3 Å². The molecule has 0 fully saturated rings. The summed E-state index contributed by atoms with van der Waals surface area (Å²) >= 11 is 0. The standard InChI is InChI=1S/C52H62O12P4/c53-65(54,55)49(43-25-7-1-8-26-43,39-21-23-41-51(67(59,60)61,45-29-11-3-12-30-45)46-31-13-4-14-32-46)37-19-20-38-50(66(56,57)58,44-27-9-2-10-28-44)40-22-24-42-52(68(62,63)64,47-33-15-5-16-34-47)48-35-17-6-18-36-48/h1-18,25-36H,19-24,37-42H2,(H2,53,54,55)(H2,56,57,58)(H2,59,60,61)(H2,62,63,64). The van der Waals surface area contributed by atoms with Crippen molar-refractivity contribution in [3.05, 3.63) is 215 Å². The highest BCUT2D eigenvalue weighted by atomic mass is 31.2. The molecule has 6 aromatic rings. The van der Waals surface area contributed by atoms with Crippen molar-refractivity contribution in [3.63, 3.8) is 0 Å². The van der Waals surface area contributed by atoms with E-state index >= 15 is 0 Å². The van der Waals surface area contributed by atoms with E-state index in [1.54, 1.807) is 182 Å². The molecule has 6 rings (SSSR count). The zero-order valence-corrected chi connectivity index (χ0v) is 41.4. The molecule has 16 heteroatoms. The van der Waals surface area contributed by atoms with E-state index in [9.17, 15) is 57.4 Å². The van der Waals surface area contributed by atoms with Crippen molar-refractivity contribution in [3.8, 4) is 0 Å². The molecule has 0 heterocycles. The van der Waals surface area contributed by atoms with Crippen molar-refractivity contribution in [2.24, 2.45) is 0 Å². The Balaban J connectivity index is 1.27. The highest BCUT2D eigenvalue weighted by Gasteiger charge is 2.53. The molecule has 2 atom stereocenters. The van der Waals surface area contributed by atoms with Gasteiger partial charge in [-0.2, -0.15) is 0 Å². The van der Waals surface area contributed by atoms with Gasteiger partial charge in [-0.25, -0.2) is 0 Å². The molecule has 0 saturated carbocycles. The van der Waals surface area contributed by atoms with Gasteiger partial charge < -0.3 is 39.1 Å². The molecule has 362 valence electrons. The number of unbranched alkanes of at least 4 members (excludes halogenated alkanes) is 3. The van der Waals surface area contributed by atoms with Gasteiger partial charge in [-0.3, -0.25) is 18.3 Å². The first-order chi connectivity index (χ1) is 32.3. The van der Waals surface area contributed by atoms with Crippen LogP contribution >= 0.6 is 30.4 Å². The van der Waals surface area contributed by atoms with E-state index in [4.69, 9.17) is 0 Å². The Morgan fingerprint density at radius 2 is 0.426 bits per heavy atom. The molecule has 0 amide bonds. The molecular weight excluding hydrogens is 940 g/mol. The monoisotopic (exact) mass is 1000 g/mol. The Morgan fingerprint density at radius 3 is 0.603 bits per heavy atom. The minimum Gasteiger partial charge on any atom is -0.324 e. The van der Waals surface area contributed by atoms with Crippen LogP contribution in [-0.2, 0) is 38.9 Å². The van der Waals surface area contributed by atoms with Crippen molar-refractivity contribution < 1.29 is 57.4 Å². The van der Waals surface area contributed by atoms with E-state index in [-0.39, 0.29) is 77.0 Å². The van der Waals surface area contributed by atoms with Gasteiger partial charge in [0.05, 0.1) is 10.3 Å². The van der Waals surface area contributed by atoms with Crippen LogP contribution in [0.2, 0.25) is 0 Å². The maximum absolute atomic E-state index is 13.9. The van der Waals surface area contributed by atoms with Crippen molar-refractivity contribution >= 4 is 30.4 Å². The molecule has 0 bridgehead atoms. The second kappa shape index (κ2) is 22.3. The van der Waals surface area contributed by atoms with Gasteiger partial charge in [-0.15, -0.1) is 0 Å². The maximum Gasteiger partial charge on any atom is 0.340 e. The van der Waals surface area contributed by atoms with E-state index < -0.39 is 51.0 Å². The topological polar surface area (TPSA) is 230 Å². The lowest BCUT2D eigenvalue weighted by atomic mass is 9.82. The molecule has 12 nitrogen and oxygen atoms in total. The van der Waals surface area contributed by atoms with Crippen LogP contribution in [0.25, 0.3) is 0 Å². The molecule has 0 aromatic heterocycles. The lowest BCUT2D eigenvalue weighted by Crippen LogP contribution is -2.30. The first kappa shape index (κ1) is 53.3. The molecule has 2 unspecified atom stereocenters. The largest absolute Gasteiger partial charge is 0.340 e. The minimum atomic E-state index is -5.00. The molecule has 68 heavy (non-hydrogen) atoms. The van der Waals surface area contributed by atoms with E-state index in [1.807, 2.05) is 0 Å². The first-order valence-electron chi connectivity index (χ1n) is 22.8. The second-order valence-electron chi connectivity index (χ2n) is 17.8. The average molecular weight is 1000 g/mol. The molecule has 0 aliphatic heterocycles. The summed E-state index contributed by atoms with van der Waals surface area (Å²) in [6.45, 7) is 0. The first-order valence-corrected chi connectivity index (χ1v) is 29.3. The van der Waals surface area contributed by atoms with Gasteiger partial charge in [-0.1, -0.05) is 221 Å². The quantitative estimate of drug-likeness (QED) is 0.0198. The third kappa shape index (κ3) is 11.3. The van der Waals surface area contributed by atoms with Crippen molar-refractivity contribution in [2.45, 2.75) is 97.7 Å². The molecule has 0 aliphatic carbocycles. The molecule has 8 N–H and O–H groups in total. The lowest BCUT2D eigenvalue weighted by molar-refractivity contribution is 0.281. The summed E-state index contributed by atoms with van der Waals surface area (Å²) in [5.41, 5.74) is 2.45. The lowest BCUT2D eigenvalue weighted by Gasteiger charge is -2.38. The van der Waals surface area contributed by atoms with Gasteiger partial charge in [-0.05, 0) is 71.9 Å². The van der Waals surface area contributed by atoms with Gasteiger partial charge in [0.25, 0.3) is 0 Å². The predicted octanol–water partition coefficient (Wildman–Crippen LogP) is 12.1. The van der Waals surface area contributed by atoms with Crippen LogP contribution in [0, 0.1) is 0 Å². The Hall–Kier alpha value is -4.08. The SMILES string of the molecule is O=P(O)(O)C(CCCCC(CCCCC(c1ccccc1)(c1ccccc1)P(=O)(O)O)(c1ccccc1)P(=O)(O)O)(CCCCC(c1ccccc1)(c1ccccc1)P(=O)(O)O)c1ccccc1. The third-order valence-corrected chi connectivity index (χ3v) is 21.0. The maximum atomic E-state index is 13.9. The summed E-state index contributed by atoms with van der Waals surface area (Å²) in [5, 5.41) is -6.93. The van der Waals surface area contributed by atoms with Crippen LogP contribution in [-0.4, -0.2) is 39.1 Å². The van der Waals surface area contributed by atoms with Crippen LogP contribution < -0.4 is 0 Å². The Labute approximate surface area is 399 Å². The molecule has 6 aromatic carbocycles. The highest BCUT2D eigenvalue weighted by molar-refractivity contribution is 7.54. The van der Waals surface area contributed by atoms with E-state index in [2.05, 4.69) is 0 Å². The second-order valence-corrected chi connectivity index (χ2v) is 25.4. The van der Waals surface area contributed by atoms with Crippen LogP contribution in [0.4, 0.5) is 0 Å². The van der Waals surface area contributed by atoms with Gasteiger partial charge in [0.2, 0.25) is 0 Å². The van der Waals surface area contributed by atoms with Crippen molar-refractivity contribution in [2.75, 3.05) is 0 Å². The fourth-order valence-electron chi connectivity index (χ4n) is 10.4. The van der Waals surface area contributed by atoms with E-state index in [1.165, 1.54) is 0 Å². The van der Waals surface area contributed by atoms with E-state index in [0.717, 1.165) is 0 Å². The smallest absolute Gasteiger partial charge is 0.324 e. The third-order valence-electron chi connectivity index (χ3n) is 13.9. The van der Waals surface area contributed by atoms with Crippen LogP contribution in [0.15, 0.2) is 182 Å². The van der Waals surface area contributed by atoms with Crippen LogP contribution in [0.1, 0.15) is 110 Å². The molecule has 0 radical (unpaired) electrons. The summed E-state index contributed by atoms with van der Waals surface area (Å²) in [6, 6.07) is 51.0. The minimum absolute atomic E-state index is 0.0226. The Bertz CT molecular complexity index is 2420. The average Bonchev–Trinajstić information content (AvgIpc) is 3.31. The van der Waals surface area contributed by atoms with Gasteiger partial charge >= 0.3 is 30.4 Å². The van der Waals surface area contributed by atoms with Crippen molar-refractivity contribution in [1.82, 2.24) is 0 Å². The molecule has 0 saturated heterocycles. The fourth-order valence-corrected chi connectivity index (χ4v) is 16.0. The zero-order chi connectivity index (χ0) is 49.2. The van der Waals surface area contributed by atoms with Crippen LogP contribution in [0.3, 0.4) is 0 Å². The molecular formula is C52H62O12P4. The zero-order valence-electron chi connectivity index (χ0n) is 37.8. The molecule has 0 aliphatic rings. The highest BCUT2D eigenvalue weighted by Crippen LogP contribution is 2.67. The summed E-state index contributed by atoms with van der Waals surface area (Å²) in [4.78, 5) is 89.6. The number of hydrogen-bond donors (Lipinski definition) is 8. The Kier molecular flexibility index (Phi) is 17.5. The molecule has 0 spiro atoms. The van der Waals surface area contributed by atoms with Crippen molar-refractivity contribution in [1.29, 1.82) is 0 Å². The summed E-state index contributed by atoms with van der Waals surface area (Å²) in [6.07, 6.45) is 0.782. The predicted molar refractivity (Wildman–Crippen MR) is 267 cm³/mol. The normalized spacial score (nSPS) is 14.8. The number of rotatable bonds is 25. The summed E-state index contributed by atoms with van der Waals surface area (Å²) in [7, 11) is -19.8.